The second kappa shape index (κ2) is 10.7. The van der Waals surface area contributed by atoms with Gasteiger partial charge in [-0.25, -0.2) is 4.79 Å². The summed E-state index contributed by atoms with van der Waals surface area (Å²) in [6.07, 6.45) is 6.55. The van der Waals surface area contributed by atoms with E-state index in [0.717, 1.165) is 29.9 Å². The first-order chi connectivity index (χ1) is 15.6. The SMILES string of the molecule is COC(=O)/C=C/c1ccc(-c2ccc(OCCCO[Si](C)(C)C(C)(C)C)c(C3CC3)c2)cc1. The van der Waals surface area contributed by atoms with Gasteiger partial charge >= 0.3 is 5.97 Å². The third kappa shape index (κ3) is 7.05. The minimum atomic E-state index is -1.70. The zero-order chi connectivity index (χ0) is 24.1. The first-order valence-electron chi connectivity index (χ1n) is 11.9. The summed E-state index contributed by atoms with van der Waals surface area (Å²) in [6, 6.07) is 14.7. The average Bonchev–Trinajstić information content (AvgIpc) is 3.62. The van der Waals surface area contributed by atoms with Gasteiger partial charge in [-0.15, -0.1) is 0 Å². The van der Waals surface area contributed by atoms with E-state index in [1.807, 2.05) is 12.1 Å². The Morgan fingerprint density at radius 3 is 2.30 bits per heavy atom. The summed E-state index contributed by atoms with van der Waals surface area (Å²) < 4.78 is 17.1. The lowest BCUT2D eigenvalue weighted by molar-refractivity contribution is -0.134. The van der Waals surface area contributed by atoms with Crippen LogP contribution in [0.5, 0.6) is 5.75 Å². The van der Waals surface area contributed by atoms with Gasteiger partial charge in [-0.1, -0.05) is 51.1 Å². The number of carbonyl (C=O) groups is 1. The quantitative estimate of drug-likeness (QED) is 0.161. The monoisotopic (exact) mass is 466 g/mol. The van der Waals surface area contributed by atoms with Gasteiger partial charge in [0.15, 0.2) is 8.32 Å². The van der Waals surface area contributed by atoms with E-state index in [-0.39, 0.29) is 11.0 Å². The van der Waals surface area contributed by atoms with Crippen LogP contribution in [-0.2, 0) is 14.0 Å². The Hall–Kier alpha value is -2.37. The molecule has 0 bridgehead atoms. The minimum absolute atomic E-state index is 0.235. The number of benzene rings is 2. The predicted molar refractivity (Wildman–Crippen MR) is 138 cm³/mol. The molecule has 1 saturated carbocycles. The van der Waals surface area contributed by atoms with Crippen LogP contribution in [0.2, 0.25) is 18.1 Å². The molecule has 4 nitrogen and oxygen atoms in total. The van der Waals surface area contributed by atoms with Gasteiger partial charge < -0.3 is 13.9 Å². The molecule has 0 radical (unpaired) electrons. The van der Waals surface area contributed by atoms with Gasteiger partial charge in [-0.3, -0.25) is 0 Å². The first-order valence-corrected chi connectivity index (χ1v) is 14.8. The van der Waals surface area contributed by atoms with E-state index in [2.05, 4.69) is 68.9 Å². The summed E-state index contributed by atoms with van der Waals surface area (Å²) in [4.78, 5) is 11.3. The molecule has 0 saturated heterocycles. The van der Waals surface area contributed by atoms with Crippen LogP contribution in [0.1, 0.15) is 57.1 Å². The second-order valence-corrected chi connectivity index (χ2v) is 15.1. The number of carbonyl (C=O) groups excluding carboxylic acids is 1. The van der Waals surface area contributed by atoms with Crippen molar-refractivity contribution >= 4 is 20.4 Å². The van der Waals surface area contributed by atoms with Crippen LogP contribution in [-0.4, -0.2) is 34.6 Å². The van der Waals surface area contributed by atoms with Gasteiger partial charge in [0.05, 0.1) is 13.7 Å². The molecule has 1 fully saturated rings. The normalized spacial score (nSPS) is 14.5. The highest BCUT2D eigenvalue weighted by Gasteiger charge is 2.36. The Balaban J connectivity index is 1.61. The van der Waals surface area contributed by atoms with Gasteiger partial charge in [0.1, 0.15) is 5.75 Å². The van der Waals surface area contributed by atoms with Crippen molar-refractivity contribution < 1.29 is 18.7 Å². The Morgan fingerprint density at radius 2 is 1.70 bits per heavy atom. The van der Waals surface area contributed by atoms with Crippen LogP contribution in [0.3, 0.4) is 0 Å². The summed E-state index contributed by atoms with van der Waals surface area (Å²) >= 11 is 0. The number of hydrogen-bond acceptors (Lipinski definition) is 4. The van der Waals surface area contributed by atoms with Gasteiger partial charge in [-0.05, 0) is 77.4 Å². The standard InChI is InChI=1S/C28H38O4Si/c1-28(2,3)33(5,6)32-19-7-18-31-26-16-15-24(20-25(26)23-13-14-23)22-11-8-21(9-12-22)10-17-27(29)30-4/h8-12,15-17,20,23H,7,13-14,18-19H2,1-6H3/b17-10+. The third-order valence-electron chi connectivity index (χ3n) is 6.70. The fourth-order valence-electron chi connectivity index (χ4n) is 3.38. The molecule has 0 spiro atoms. The van der Waals surface area contributed by atoms with Crippen molar-refractivity contribution in [2.45, 2.75) is 64.1 Å². The molecular formula is C28H38O4Si. The van der Waals surface area contributed by atoms with Crippen molar-refractivity contribution in [3.8, 4) is 16.9 Å². The molecular weight excluding hydrogens is 428 g/mol. The largest absolute Gasteiger partial charge is 0.493 e. The second-order valence-electron chi connectivity index (χ2n) is 10.3. The van der Waals surface area contributed by atoms with Gasteiger partial charge in [0, 0.05) is 19.1 Å². The van der Waals surface area contributed by atoms with Crippen LogP contribution >= 0.6 is 0 Å². The fourth-order valence-corrected chi connectivity index (χ4v) is 4.46. The highest BCUT2D eigenvalue weighted by Crippen LogP contribution is 2.45. The Bertz CT molecular complexity index is 966. The first kappa shape index (κ1) is 25.3. The number of hydrogen-bond donors (Lipinski definition) is 0. The molecule has 0 amide bonds. The van der Waals surface area contributed by atoms with E-state index in [0.29, 0.717) is 12.5 Å². The van der Waals surface area contributed by atoms with Gasteiger partial charge in [0.25, 0.3) is 0 Å². The third-order valence-corrected chi connectivity index (χ3v) is 11.2. The minimum Gasteiger partial charge on any atom is -0.493 e. The van der Waals surface area contributed by atoms with Crippen LogP contribution in [0, 0.1) is 0 Å². The highest BCUT2D eigenvalue weighted by molar-refractivity contribution is 6.74. The fraction of sp³-hybridized carbons (Fsp3) is 0.464. The molecule has 0 atom stereocenters. The highest BCUT2D eigenvalue weighted by atomic mass is 28.4. The topological polar surface area (TPSA) is 44.8 Å². The molecule has 0 aliphatic heterocycles. The zero-order valence-corrected chi connectivity index (χ0v) is 21.9. The van der Waals surface area contributed by atoms with E-state index in [1.165, 1.54) is 37.2 Å². The summed E-state index contributed by atoms with van der Waals surface area (Å²) in [5.41, 5.74) is 4.62. The van der Waals surface area contributed by atoms with Crippen molar-refractivity contribution in [1.82, 2.24) is 0 Å². The summed E-state index contributed by atoms with van der Waals surface area (Å²) in [5, 5.41) is 0.235. The lowest BCUT2D eigenvalue weighted by Gasteiger charge is -2.36. The van der Waals surface area contributed by atoms with Crippen LogP contribution < -0.4 is 4.74 Å². The number of esters is 1. The predicted octanol–water partition coefficient (Wildman–Crippen LogP) is 7.21. The van der Waals surface area contributed by atoms with E-state index in [9.17, 15) is 4.79 Å². The molecule has 2 aromatic carbocycles. The molecule has 178 valence electrons. The Morgan fingerprint density at radius 1 is 1.03 bits per heavy atom. The van der Waals surface area contributed by atoms with Crippen molar-refractivity contribution in [3.63, 3.8) is 0 Å². The summed E-state index contributed by atoms with van der Waals surface area (Å²) in [5.74, 6) is 1.26. The summed E-state index contributed by atoms with van der Waals surface area (Å²) in [7, 11) is -0.319. The van der Waals surface area contributed by atoms with E-state index in [4.69, 9.17) is 9.16 Å². The van der Waals surface area contributed by atoms with Crippen LogP contribution in [0.4, 0.5) is 0 Å². The van der Waals surface area contributed by atoms with E-state index in [1.54, 1.807) is 6.08 Å². The molecule has 1 aliphatic carbocycles. The number of methoxy groups -OCH3 is 1. The maximum Gasteiger partial charge on any atom is 0.330 e. The van der Waals surface area contributed by atoms with Gasteiger partial charge in [0.2, 0.25) is 0 Å². The van der Waals surface area contributed by atoms with Crippen molar-refractivity contribution in [1.29, 1.82) is 0 Å². The molecule has 33 heavy (non-hydrogen) atoms. The Kier molecular flexibility index (Phi) is 8.19. The molecule has 2 aromatic rings. The maximum atomic E-state index is 11.3. The van der Waals surface area contributed by atoms with Crippen LogP contribution in [0.25, 0.3) is 17.2 Å². The van der Waals surface area contributed by atoms with E-state index < -0.39 is 8.32 Å². The van der Waals surface area contributed by atoms with Crippen LogP contribution in [0.15, 0.2) is 48.5 Å². The molecule has 3 rings (SSSR count). The molecule has 0 aromatic heterocycles. The molecule has 0 unspecified atom stereocenters. The molecule has 5 heteroatoms. The molecule has 1 aliphatic rings. The van der Waals surface area contributed by atoms with Crippen molar-refractivity contribution in [2.75, 3.05) is 20.3 Å². The van der Waals surface area contributed by atoms with Crippen molar-refractivity contribution in [2.24, 2.45) is 0 Å². The maximum absolute atomic E-state index is 11.3. The molecule has 0 N–H and O–H groups in total. The lowest BCUT2D eigenvalue weighted by Crippen LogP contribution is -2.41. The molecule has 0 heterocycles. The average molecular weight is 467 g/mol. The smallest absolute Gasteiger partial charge is 0.330 e. The Labute approximate surface area is 200 Å². The van der Waals surface area contributed by atoms with Crippen molar-refractivity contribution in [3.05, 3.63) is 59.7 Å². The van der Waals surface area contributed by atoms with E-state index >= 15 is 0 Å². The number of rotatable bonds is 10. The lowest BCUT2D eigenvalue weighted by atomic mass is 9.99. The summed E-state index contributed by atoms with van der Waals surface area (Å²) in [6.45, 7) is 12.8. The number of ether oxygens (including phenoxy) is 2. The zero-order valence-electron chi connectivity index (χ0n) is 20.9. The van der Waals surface area contributed by atoms with Gasteiger partial charge in [-0.2, -0.15) is 0 Å².